The van der Waals surface area contributed by atoms with Crippen molar-refractivity contribution in [3.63, 3.8) is 0 Å². The first-order chi connectivity index (χ1) is 14.4. The lowest BCUT2D eigenvalue weighted by Crippen LogP contribution is -2.59. The molecule has 0 saturated carbocycles. The van der Waals surface area contributed by atoms with Crippen LogP contribution in [-0.2, 0) is 15.9 Å². The molecule has 6 nitrogen and oxygen atoms in total. The van der Waals surface area contributed by atoms with Crippen molar-refractivity contribution in [2.45, 2.75) is 25.2 Å². The number of hydrogen-bond donors (Lipinski definition) is 1. The summed E-state index contributed by atoms with van der Waals surface area (Å²) >= 11 is 0. The largest absolute Gasteiger partial charge is 0.448 e. The van der Waals surface area contributed by atoms with Gasteiger partial charge in [-0.05, 0) is 29.7 Å². The summed E-state index contributed by atoms with van der Waals surface area (Å²) in [6.45, 7) is 1.61. The number of benzene rings is 2. The predicted molar refractivity (Wildman–Crippen MR) is 103 cm³/mol. The van der Waals surface area contributed by atoms with E-state index in [1.165, 1.54) is 24.3 Å². The third kappa shape index (κ3) is 2.38. The van der Waals surface area contributed by atoms with Crippen molar-refractivity contribution in [3.05, 3.63) is 71.5 Å². The lowest BCUT2D eigenvalue weighted by Gasteiger charge is -2.48. The topological polar surface area (TPSA) is 114 Å². The molecule has 4 rings (SSSR count). The summed E-state index contributed by atoms with van der Waals surface area (Å²) in [6.07, 6.45) is -0.929. The summed E-state index contributed by atoms with van der Waals surface area (Å²) in [5, 5.41) is 39.2. The van der Waals surface area contributed by atoms with E-state index in [0.29, 0.717) is 5.56 Å². The van der Waals surface area contributed by atoms with Crippen LogP contribution in [0.3, 0.4) is 0 Å². The zero-order chi connectivity index (χ0) is 21.6. The van der Waals surface area contributed by atoms with E-state index < -0.39 is 40.4 Å². The highest BCUT2D eigenvalue weighted by molar-refractivity contribution is 5.89. The maximum Gasteiger partial charge on any atom is 0.215 e. The molecule has 4 unspecified atom stereocenters. The summed E-state index contributed by atoms with van der Waals surface area (Å²) in [6, 6.07) is 20.6. The minimum atomic E-state index is -2.06. The Hall–Kier alpha value is -3.73. The van der Waals surface area contributed by atoms with Gasteiger partial charge in [0.1, 0.15) is 11.9 Å². The first-order valence-electron chi connectivity index (χ1n) is 9.36. The molecule has 7 heteroatoms. The van der Waals surface area contributed by atoms with Gasteiger partial charge in [0.15, 0.2) is 5.41 Å². The van der Waals surface area contributed by atoms with Crippen LogP contribution in [0.25, 0.3) is 0 Å². The lowest BCUT2D eigenvalue weighted by atomic mass is 9.52. The second-order valence-corrected chi connectivity index (χ2v) is 7.69. The highest BCUT2D eigenvalue weighted by Gasteiger charge is 2.79. The normalized spacial score (nSPS) is 31.1. The van der Waals surface area contributed by atoms with Crippen molar-refractivity contribution in [3.8, 4) is 18.2 Å². The molecule has 148 valence electrons. The first kappa shape index (κ1) is 19.6. The molecule has 0 spiro atoms. The minimum Gasteiger partial charge on any atom is -0.448 e. The molecule has 2 aromatic rings. The van der Waals surface area contributed by atoms with Crippen molar-refractivity contribution in [1.29, 1.82) is 21.2 Å². The molecular weight excluding hydrogens is 383 g/mol. The summed E-state index contributed by atoms with van der Waals surface area (Å²) in [5.41, 5.74) is -2.70. The highest BCUT2D eigenvalue weighted by Crippen LogP contribution is 2.66. The Morgan fingerprint density at radius 3 is 2.20 bits per heavy atom. The van der Waals surface area contributed by atoms with Gasteiger partial charge in [-0.1, -0.05) is 42.5 Å². The van der Waals surface area contributed by atoms with Gasteiger partial charge in [0.25, 0.3) is 0 Å². The Kier molecular flexibility index (Phi) is 4.35. The molecule has 2 aromatic carbocycles. The van der Waals surface area contributed by atoms with Crippen molar-refractivity contribution < 1.29 is 13.9 Å². The SMILES string of the molecule is CC12OC(=N)C(C#N)(C1Cc1ccccc1)C(C#N)(C#N)C(c1ccc(F)cc1)O2. The van der Waals surface area contributed by atoms with Crippen LogP contribution in [0.1, 0.15) is 24.2 Å². The maximum absolute atomic E-state index is 13.5. The van der Waals surface area contributed by atoms with Crippen LogP contribution in [0.4, 0.5) is 4.39 Å². The molecule has 30 heavy (non-hydrogen) atoms. The van der Waals surface area contributed by atoms with Gasteiger partial charge in [-0.25, -0.2) is 4.39 Å². The molecule has 2 bridgehead atoms. The van der Waals surface area contributed by atoms with E-state index >= 15 is 0 Å². The van der Waals surface area contributed by atoms with E-state index in [1.54, 1.807) is 6.92 Å². The van der Waals surface area contributed by atoms with Crippen LogP contribution in [-0.4, -0.2) is 11.7 Å². The minimum absolute atomic E-state index is 0.272. The number of rotatable bonds is 3. The van der Waals surface area contributed by atoms with Crippen LogP contribution < -0.4 is 0 Å². The number of halogens is 1. The predicted octanol–water partition coefficient (Wildman–Crippen LogP) is 4.02. The molecule has 2 saturated heterocycles. The van der Waals surface area contributed by atoms with E-state index in [1.807, 2.05) is 42.5 Å². The molecular formula is C23H17FN4O2. The van der Waals surface area contributed by atoms with Gasteiger partial charge in [-0.3, -0.25) is 5.41 Å². The van der Waals surface area contributed by atoms with E-state index in [2.05, 4.69) is 6.07 Å². The zero-order valence-electron chi connectivity index (χ0n) is 16.1. The van der Waals surface area contributed by atoms with Gasteiger partial charge < -0.3 is 9.47 Å². The van der Waals surface area contributed by atoms with Crippen LogP contribution in [0, 0.1) is 62.0 Å². The Balaban J connectivity index is 1.94. The average Bonchev–Trinajstić information content (AvgIpc) is 2.91. The quantitative estimate of drug-likeness (QED) is 0.836. The monoisotopic (exact) mass is 400 g/mol. The van der Waals surface area contributed by atoms with Crippen molar-refractivity contribution >= 4 is 5.90 Å². The number of nitrogens with one attached hydrogen (secondary N) is 1. The number of hydrogen-bond acceptors (Lipinski definition) is 6. The molecule has 2 heterocycles. The number of ether oxygens (including phenoxy) is 2. The second-order valence-electron chi connectivity index (χ2n) is 7.69. The third-order valence-electron chi connectivity index (χ3n) is 6.17. The van der Waals surface area contributed by atoms with Gasteiger partial charge in [0.05, 0.1) is 24.1 Å². The van der Waals surface area contributed by atoms with E-state index in [0.717, 1.165) is 5.56 Å². The zero-order valence-corrected chi connectivity index (χ0v) is 16.1. The molecule has 0 aliphatic carbocycles. The van der Waals surface area contributed by atoms with Gasteiger partial charge in [0.2, 0.25) is 17.1 Å². The standard InChI is InChI=1S/C23H17FN4O2/c1-21-18(11-15-5-3-2-4-6-15)23(14-27,20(28)30-21)22(12-25,13-26)19(29-21)16-7-9-17(24)10-8-16/h2-10,18-19,28H,11H2,1H3. The van der Waals surface area contributed by atoms with Gasteiger partial charge in [-0.2, -0.15) is 15.8 Å². The lowest BCUT2D eigenvalue weighted by molar-refractivity contribution is -0.272. The van der Waals surface area contributed by atoms with E-state index in [4.69, 9.17) is 14.9 Å². The average molecular weight is 400 g/mol. The Morgan fingerprint density at radius 2 is 1.63 bits per heavy atom. The first-order valence-corrected chi connectivity index (χ1v) is 9.36. The summed E-state index contributed by atoms with van der Waals surface area (Å²) < 4.78 is 25.4. The van der Waals surface area contributed by atoms with E-state index in [-0.39, 0.29) is 6.42 Å². The fraction of sp³-hybridized carbons (Fsp3) is 0.304. The summed E-state index contributed by atoms with van der Waals surface area (Å²) in [5.74, 6) is -3.13. The Labute approximate surface area is 173 Å². The Morgan fingerprint density at radius 1 is 1.00 bits per heavy atom. The van der Waals surface area contributed by atoms with Crippen LogP contribution in [0.5, 0.6) is 0 Å². The van der Waals surface area contributed by atoms with Crippen LogP contribution in [0.2, 0.25) is 0 Å². The summed E-state index contributed by atoms with van der Waals surface area (Å²) in [4.78, 5) is 0. The van der Waals surface area contributed by atoms with Gasteiger partial charge in [-0.15, -0.1) is 0 Å². The van der Waals surface area contributed by atoms with Crippen molar-refractivity contribution in [2.75, 3.05) is 0 Å². The highest BCUT2D eigenvalue weighted by atomic mass is 19.1. The molecule has 0 amide bonds. The fourth-order valence-electron chi connectivity index (χ4n) is 4.67. The molecule has 2 aliphatic heterocycles. The smallest absolute Gasteiger partial charge is 0.215 e. The van der Waals surface area contributed by atoms with E-state index in [9.17, 15) is 20.2 Å². The van der Waals surface area contributed by atoms with Gasteiger partial charge in [0, 0.05) is 6.92 Å². The van der Waals surface area contributed by atoms with Crippen LogP contribution >= 0.6 is 0 Å². The van der Waals surface area contributed by atoms with Crippen molar-refractivity contribution in [2.24, 2.45) is 16.7 Å². The number of nitrogens with zero attached hydrogens (tertiary/aromatic N) is 3. The second kappa shape index (κ2) is 6.66. The van der Waals surface area contributed by atoms with Crippen LogP contribution in [0.15, 0.2) is 54.6 Å². The molecule has 0 radical (unpaired) electrons. The molecule has 2 aliphatic rings. The summed E-state index contributed by atoms with van der Waals surface area (Å²) in [7, 11) is 0. The molecule has 1 N–H and O–H groups in total. The number of nitriles is 3. The fourth-order valence-corrected chi connectivity index (χ4v) is 4.67. The maximum atomic E-state index is 13.5. The third-order valence-corrected chi connectivity index (χ3v) is 6.17. The molecule has 4 atom stereocenters. The molecule has 2 fully saturated rings. The number of fused-ring (bicyclic) bond motifs is 2. The molecule has 0 aromatic heterocycles. The Bertz CT molecular complexity index is 1120. The van der Waals surface area contributed by atoms with Crippen molar-refractivity contribution in [1.82, 2.24) is 0 Å². The van der Waals surface area contributed by atoms with Gasteiger partial charge >= 0.3 is 0 Å².